The molecular weight excluding hydrogens is 109 g/mol. The van der Waals surface area contributed by atoms with Gasteiger partial charge in [-0.1, -0.05) is 0 Å². The molecule has 0 aromatic carbocycles. The van der Waals surface area contributed by atoms with Crippen LogP contribution in [-0.4, -0.2) is 13.3 Å². The SMILES string of the molecule is CO[CH]C(F)(F)F. The van der Waals surface area contributed by atoms with Gasteiger partial charge in [-0.05, 0) is 0 Å². The molecule has 0 fully saturated rings. The lowest BCUT2D eigenvalue weighted by atomic mass is 10.7. The maximum atomic E-state index is 10.9. The number of ether oxygens (including phenoxy) is 1. The first kappa shape index (κ1) is 6.75. The van der Waals surface area contributed by atoms with Crippen molar-refractivity contribution in [1.29, 1.82) is 0 Å². The van der Waals surface area contributed by atoms with E-state index in [0.717, 1.165) is 7.11 Å². The van der Waals surface area contributed by atoms with Crippen molar-refractivity contribution in [3.8, 4) is 0 Å². The lowest BCUT2D eigenvalue weighted by Gasteiger charge is -1.99. The second-order valence-electron chi connectivity index (χ2n) is 0.895. The van der Waals surface area contributed by atoms with E-state index >= 15 is 0 Å². The molecule has 0 rings (SSSR count). The minimum absolute atomic E-state index is 0.188. The third-order valence-corrected chi connectivity index (χ3v) is 0.251. The number of halogens is 3. The first-order valence-corrected chi connectivity index (χ1v) is 1.50. The van der Waals surface area contributed by atoms with E-state index in [1.165, 1.54) is 0 Å². The monoisotopic (exact) mass is 113 g/mol. The predicted octanol–water partition coefficient (Wildman–Crippen LogP) is 1.36. The van der Waals surface area contributed by atoms with Crippen LogP contribution in [-0.2, 0) is 4.74 Å². The summed E-state index contributed by atoms with van der Waals surface area (Å²) in [6.45, 7) is -0.188. The molecule has 0 aliphatic carbocycles. The maximum Gasteiger partial charge on any atom is 0.417 e. The van der Waals surface area contributed by atoms with Crippen LogP contribution >= 0.6 is 0 Å². The van der Waals surface area contributed by atoms with Crippen molar-refractivity contribution in [3.63, 3.8) is 0 Å². The van der Waals surface area contributed by atoms with E-state index in [-0.39, 0.29) is 6.61 Å². The van der Waals surface area contributed by atoms with E-state index < -0.39 is 6.18 Å². The van der Waals surface area contributed by atoms with Gasteiger partial charge >= 0.3 is 6.18 Å². The summed E-state index contributed by atoms with van der Waals surface area (Å²) in [4.78, 5) is 0. The largest absolute Gasteiger partial charge is 0.417 e. The molecule has 0 spiro atoms. The van der Waals surface area contributed by atoms with Crippen molar-refractivity contribution in [2.24, 2.45) is 0 Å². The fraction of sp³-hybridized carbons (Fsp3) is 0.667. The highest BCUT2D eigenvalue weighted by Crippen LogP contribution is 2.17. The molecular formula is C3H4F3O. The molecule has 1 nitrogen and oxygen atoms in total. The highest BCUT2D eigenvalue weighted by Gasteiger charge is 2.27. The zero-order chi connectivity index (χ0) is 5.91. The van der Waals surface area contributed by atoms with E-state index in [0.29, 0.717) is 0 Å². The van der Waals surface area contributed by atoms with Crippen molar-refractivity contribution in [2.75, 3.05) is 7.11 Å². The standard InChI is InChI=1S/C3H4F3O/c1-7-2-3(4,5)6/h2H,1H3. The number of rotatable bonds is 1. The Morgan fingerprint density at radius 2 is 1.86 bits per heavy atom. The lowest BCUT2D eigenvalue weighted by Crippen LogP contribution is -2.08. The van der Waals surface area contributed by atoms with E-state index in [2.05, 4.69) is 4.74 Å². The van der Waals surface area contributed by atoms with Crippen LogP contribution in [0.2, 0.25) is 0 Å². The molecule has 0 aromatic rings. The van der Waals surface area contributed by atoms with Crippen LogP contribution in [0.1, 0.15) is 0 Å². The van der Waals surface area contributed by atoms with E-state index in [1.54, 1.807) is 0 Å². The highest BCUT2D eigenvalue weighted by atomic mass is 19.4. The molecule has 4 heteroatoms. The van der Waals surface area contributed by atoms with Gasteiger partial charge in [-0.3, -0.25) is 0 Å². The van der Waals surface area contributed by atoms with Crippen LogP contribution in [0.15, 0.2) is 0 Å². The Hall–Kier alpha value is -0.250. The second kappa shape index (κ2) is 2.16. The number of hydrogen-bond acceptors (Lipinski definition) is 1. The molecule has 0 saturated carbocycles. The number of hydrogen-bond donors (Lipinski definition) is 0. The van der Waals surface area contributed by atoms with E-state index in [1.807, 2.05) is 0 Å². The first-order chi connectivity index (χ1) is 3.06. The molecule has 0 aliphatic rings. The van der Waals surface area contributed by atoms with Crippen molar-refractivity contribution in [1.82, 2.24) is 0 Å². The molecule has 0 saturated heterocycles. The molecule has 7 heavy (non-hydrogen) atoms. The zero-order valence-electron chi connectivity index (χ0n) is 3.62. The highest BCUT2D eigenvalue weighted by molar-refractivity contribution is 4.59. The topological polar surface area (TPSA) is 9.23 Å². The van der Waals surface area contributed by atoms with Gasteiger partial charge in [0.1, 0.15) is 0 Å². The average molecular weight is 113 g/mol. The van der Waals surface area contributed by atoms with Crippen LogP contribution in [0.25, 0.3) is 0 Å². The minimum atomic E-state index is -4.30. The molecule has 43 valence electrons. The number of alkyl halides is 3. The quantitative estimate of drug-likeness (QED) is 0.498. The molecule has 1 radical (unpaired) electrons. The summed E-state index contributed by atoms with van der Waals surface area (Å²) in [5, 5.41) is 0. The Bertz CT molecular complexity index is 48.6. The normalized spacial score (nSPS) is 12.0. The molecule has 0 aromatic heterocycles. The smallest absolute Gasteiger partial charge is 0.369 e. The zero-order valence-corrected chi connectivity index (χ0v) is 3.62. The summed E-state index contributed by atoms with van der Waals surface area (Å²) >= 11 is 0. The van der Waals surface area contributed by atoms with Crippen LogP contribution < -0.4 is 0 Å². The molecule has 0 aliphatic heterocycles. The molecule has 0 unspecified atom stereocenters. The summed E-state index contributed by atoms with van der Waals surface area (Å²) in [7, 11) is 0.952. The molecule has 0 heterocycles. The Morgan fingerprint density at radius 1 is 1.43 bits per heavy atom. The number of methoxy groups -OCH3 is 1. The Balaban J connectivity index is 3.15. The van der Waals surface area contributed by atoms with Gasteiger partial charge in [0.25, 0.3) is 0 Å². The molecule has 0 amide bonds. The third kappa shape index (κ3) is 5.75. The van der Waals surface area contributed by atoms with Crippen molar-refractivity contribution in [3.05, 3.63) is 6.61 Å². The summed E-state index contributed by atoms with van der Waals surface area (Å²) in [6, 6.07) is 0. The summed E-state index contributed by atoms with van der Waals surface area (Å²) in [5.74, 6) is 0. The third-order valence-electron chi connectivity index (χ3n) is 0.251. The van der Waals surface area contributed by atoms with Crippen LogP contribution in [0.3, 0.4) is 0 Å². The summed E-state index contributed by atoms with van der Waals surface area (Å²) < 4.78 is 36.3. The Labute approximate surface area is 39.1 Å². The Morgan fingerprint density at radius 3 is 1.86 bits per heavy atom. The van der Waals surface area contributed by atoms with Crippen molar-refractivity contribution in [2.45, 2.75) is 6.18 Å². The van der Waals surface area contributed by atoms with Gasteiger partial charge in [-0.25, -0.2) is 0 Å². The van der Waals surface area contributed by atoms with Gasteiger partial charge in [-0.15, -0.1) is 0 Å². The summed E-state index contributed by atoms with van der Waals surface area (Å²) in [5.41, 5.74) is 0. The summed E-state index contributed by atoms with van der Waals surface area (Å²) in [6.07, 6.45) is -4.30. The predicted molar refractivity (Wildman–Crippen MR) is 17.4 cm³/mol. The fourth-order valence-corrected chi connectivity index (χ4v) is 0.134. The first-order valence-electron chi connectivity index (χ1n) is 1.50. The average Bonchev–Trinajstić information content (AvgIpc) is 1.30. The van der Waals surface area contributed by atoms with Gasteiger partial charge in [0.2, 0.25) is 0 Å². The van der Waals surface area contributed by atoms with Crippen LogP contribution in [0.4, 0.5) is 13.2 Å². The second-order valence-corrected chi connectivity index (χ2v) is 0.895. The Kier molecular flexibility index (Phi) is 2.08. The van der Waals surface area contributed by atoms with Crippen LogP contribution in [0.5, 0.6) is 0 Å². The van der Waals surface area contributed by atoms with E-state index in [4.69, 9.17) is 0 Å². The van der Waals surface area contributed by atoms with Gasteiger partial charge in [0.05, 0.1) is 0 Å². The molecule has 0 N–H and O–H groups in total. The van der Waals surface area contributed by atoms with Gasteiger partial charge < -0.3 is 4.74 Å². The van der Waals surface area contributed by atoms with Crippen LogP contribution in [0, 0.1) is 6.61 Å². The lowest BCUT2D eigenvalue weighted by molar-refractivity contribution is -0.132. The molecule has 0 atom stereocenters. The maximum absolute atomic E-state index is 10.9. The minimum Gasteiger partial charge on any atom is -0.369 e. The van der Waals surface area contributed by atoms with E-state index in [9.17, 15) is 13.2 Å². The van der Waals surface area contributed by atoms with Gasteiger partial charge in [-0.2, -0.15) is 13.2 Å². The fourth-order valence-electron chi connectivity index (χ4n) is 0.134. The molecule has 0 bridgehead atoms. The van der Waals surface area contributed by atoms with Crippen molar-refractivity contribution < 1.29 is 17.9 Å². The van der Waals surface area contributed by atoms with Gasteiger partial charge in [0.15, 0.2) is 6.61 Å². The van der Waals surface area contributed by atoms with Crippen molar-refractivity contribution >= 4 is 0 Å². The van der Waals surface area contributed by atoms with Gasteiger partial charge in [0, 0.05) is 7.11 Å².